The van der Waals surface area contributed by atoms with Gasteiger partial charge < -0.3 is 0 Å². The number of carbonyl (C=O) groups is 1. The molecule has 2 atom stereocenters. The minimum atomic E-state index is -3.60. The van der Waals surface area contributed by atoms with Crippen molar-refractivity contribution in [3.8, 4) is 0 Å². The molecule has 4 rings (SSSR count). The number of halogens is 1. The molecule has 2 unspecified atom stereocenters. The second-order valence-electron chi connectivity index (χ2n) is 8.74. The van der Waals surface area contributed by atoms with Gasteiger partial charge in [-0.15, -0.1) is 0 Å². The van der Waals surface area contributed by atoms with Crippen molar-refractivity contribution in [2.75, 3.05) is 19.3 Å². The minimum absolute atomic E-state index is 0.0256. The van der Waals surface area contributed by atoms with Gasteiger partial charge in [0.15, 0.2) is 0 Å². The molecular formula is C27H31BrNO2P. The first-order valence-electron chi connectivity index (χ1n) is 11.4. The fraction of sp³-hybridized carbons (Fsp3) is 0.296. The monoisotopic (exact) mass is 511 g/mol. The van der Waals surface area contributed by atoms with Gasteiger partial charge in [0.2, 0.25) is 0 Å². The van der Waals surface area contributed by atoms with Crippen LogP contribution in [0.2, 0.25) is 0 Å². The summed E-state index contributed by atoms with van der Waals surface area (Å²) in [7, 11) is 0. The normalized spacial score (nSPS) is 22.9. The van der Waals surface area contributed by atoms with E-state index < -0.39 is 12.8 Å². The van der Waals surface area contributed by atoms with Gasteiger partial charge in [-0.2, -0.15) is 0 Å². The van der Waals surface area contributed by atoms with Gasteiger partial charge in [-0.25, -0.2) is 0 Å². The van der Waals surface area contributed by atoms with E-state index in [-0.39, 0.29) is 4.25 Å². The molecule has 0 spiro atoms. The van der Waals surface area contributed by atoms with Crippen molar-refractivity contribution in [3.63, 3.8) is 0 Å². The van der Waals surface area contributed by atoms with Crippen molar-refractivity contribution in [2.24, 2.45) is 0 Å². The Kier molecular flexibility index (Phi) is 6.58. The molecule has 0 bridgehead atoms. The van der Waals surface area contributed by atoms with E-state index in [0.29, 0.717) is 24.1 Å². The summed E-state index contributed by atoms with van der Waals surface area (Å²) in [5.74, 6) is 0. The molecule has 0 aromatic heterocycles. The van der Waals surface area contributed by atoms with Gasteiger partial charge >= 0.3 is 200 Å². The van der Waals surface area contributed by atoms with Crippen molar-refractivity contribution >= 4 is 44.7 Å². The van der Waals surface area contributed by atoms with Crippen LogP contribution in [0.4, 0.5) is 4.79 Å². The van der Waals surface area contributed by atoms with Crippen LogP contribution < -0.4 is 21.0 Å². The first-order chi connectivity index (χ1) is 15.5. The summed E-state index contributed by atoms with van der Waals surface area (Å²) in [5, 5.41) is 16.9. The van der Waals surface area contributed by atoms with Crippen molar-refractivity contribution in [3.05, 3.63) is 91.0 Å². The Balaban J connectivity index is 2.26. The zero-order valence-electron chi connectivity index (χ0n) is 18.6. The van der Waals surface area contributed by atoms with Gasteiger partial charge in [0.05, 0.1) is 0 Å². The average Bonchev–Trinajstić information content (AvgIpc) is 3.05. The maximum absolute atomic E-state index is 13.5. The SMILES string of the molecule is CCP(c1ccccc1)(c1ccccc1)(c1ccccc1)[N+]1(C(=O)[O-])CCCC(Br)CC1. The fourth-order valence-corrected chi connectivity index (χ4v) is 14.5. The van der Waals surface area contributed by atoms with Crippen LogP contribution in [0.15, 0.2) is 91.0 Å². The van der Waals surface area contributed by atoms with Crippen molar-refractivity contribution in [1.82, 2.24) is 0 Å². The number of amides is 1. The molecule has 5 heteroatoms. The third kappa shape index (κ3) is 3.11. The van der Waals surface area contributed by atoms with Gasteiger partial charge in [0, 0.05) is 0 Å². The summed E-state index contributed by atoms with van der Waals surface area (Å²) in [6.07, 6.45) is 2.38. The number of nitrogens with zero attached hydrogens (tertiary/aromatic N) is 1. The quantitative estimate of drug-likeness (QED) is 0.372. The summed E-state index contributed by atoms with van der Waals surface area (Å²) in [5.41, 5.74) is 0. The molecule has 168 valence electrons. The van der Waals surface area contributed by atoms with E-state index >= 15 is 0 Å². The molecule has 0 N–H and O–H groups in total. The van der Waals surface area contributed by atoms with Crippen LogP contribution in [0.1, 0.15) is 26.2 Å². The van der Waals surface area contributed by atoms with E-state index in [9.17, 15) is 9.90 Å². The van der Waals surface area contributed by atoms with Crippen LogP contribution in [0, 0.1) is 0 Å². The summed E-state index contributed by atoms with van der Waals surface area (Å²) in [4.78, 5) is 13.9. The molecule has 0 aliphatic carbocycles. The Morgan fingerprint density at radius 1 is 0.844 bits per heavy atom. The Labute approximate surface area is 199 Å². The Bertz CT molecular complexity index is 961. The van der Waals surface area contributed by atoms with Crippen molar-refractivity contribution in [1.29, 1.82) is 0 Å². The van der Waals surface area contributed by atoms with E-state index in [1.807, 2.05) is 18.2 Å². The standard InChI is InChI=1S/C27H31BrNO2P/c1-2-32(24-14-6-3-7-15-24,25-16-8-4-9-17-25,26-18-10-5-11-19-26)29(27(30)31)21-12-13-23(28)20-22-29/h3-11,14-19,23H,2,12-13,20-22H2,1H3. The summed E-state index contributed by atoms with van der Waals surface area (Å²) >= 11 is 3.81. The van der Waals surface area contributed by atoms with Crippen molar-refractivity contribution < 1.29 is 14.2 Å². The molecule has 1 aliphatic heterocycles. The molecule has 3 nitrogen and oxygen atoms in total. The number of carbonyl (C=O) groups excluding carboxylic acids is 1. The number of benzene rings is 3. The van der Waals surface area contributed by atoms with E-state index in [4.69, 9.17) is 0 Å². The molecule has 1 saturated heterocycles. The average molecular weight is 512 g/mol. The summed E-state index contributed by atoms with van der Waals surface area (Å²) in [6.45, 7) is -0.307. The van der Waals surface area contributed by atoms with Crippen LogP contribution in [0.25, 0.3) is 0 Å². The first-order valence-corrected chi connectivity index (χ1v) is 14.7. The molecule has 1 fully saturated rings. The summed E-state index contributed by atoms with van der Waals surface area (Å²) < 4.78 is -0.0256. The van der Waals surface area contributed by atoms with Crippen molar-refractivity contribution in [2.45, 2.75) is 31.0 Å². The zero-order chi connectivity index (χ0) is 22.7. The number of likely N-dealkylation sites (tertiary alicyclic amines) is 1. The predicted molar refractivity (Wildman–Crippen MR) is 138 cm³/mol. The first kappa shape index (κ1) is 23.2. The van der Waals surface area contributed by atoms with Gasteiger partial charge in [0.25, 0.3) is 0 Å². The van der Waals surface area contributed by atoms with Gasteiger partial charge in [0.1, 0.15) is 0 Å². The van der Waals surface area contributed by atoms with Gasteiger partial charge in [-0.05, 0) is 0 Å². The molecule has 3 aromatic rings. The van der Waals surface area contributed by atoms with Gasteiger partial charge in [-0.1, -0.05) is 0 Å². The number of hydrogen-bond donors (Lipinski definition) is 0. The number of rotatable bonds is 5. The van der Waals surface area contributed by atoms with Gasteiger partial charge in [-0.3, -0.25) is 0 Å². The van der Waals surface area contributed by atoms with E-state index in [0.717, 1.165) is 35.2 Å². The maximum atomic E-state index is 13.5. The van der Waals surface area contributed by atoms with Crippen LogP contribution in [0.3, 0.4) is 0 Å². The number of alkyl halides is 1. The molecule has 1 heterocycles. The molecule has 1 amide bonds. The van der Waals surface area contributed by atoms with E-state index in [1.165, 1.54) is 0 Å². The topological polar surface area (TPSA) is 40.1 Å². The third-order valence-electron chi connectivity index (χ3n) is 7.60. The van der Waals surface area contributed by atoms with E-state index in [2.05, 4.69) is 95.7 Å². The third-order valence-corrected chi connectivity index (χ3v) is 16.2. The predicted octanol–water partition coefficient (Wildman–Crippen LogP) is 4.56. The molecule has 3 aromatic carbocycles. The Morgan fingerprint density at radius 2 is 1.28 bits per heavy atom. The number of hydrogen-bond acceptors (Lipinski definition) is 2. The molecule has 1 aliphatic rings. The molecule has 0 saturated carbocycles. The van der Waals surface area contributed by atoms with Crippen LogP contribution in [-0.4, -0.2) is 34.4 Å². The Hall–Kier alpha value is -2.00. The van der Waals surface area contributed by atoms with Crippen LogP contribution >= 0.6 is 22.7 Å². The van der Waals surface area contributed by atoms with Crippen LogP contribution in [-0.2, 0) is 0 Å². The molecular weight excluding hydrogens is 481 g/mol. The summed E-state index contributed by atoms with van der Waals surface area (Å²) in [6, 6.07) is 31.3. The van der Waals surface area contributed by atoms with Crippen LogP contribution in [0.5, 0.6) is 0 Å². The second kappa shape index (κ2) is 9.09. The fourth-order valence-electron chi connectivity index (χ4n) is 6.16. The number of quaternary nitrogens is 1. The Morgan fingerprint density at radius 3 is 1.66 bits per heavy atom. The molecule has 0 radical (unpaired) electrons. The number of carboxylic acid groups (broad SMARTS) is 1. The second-order valence-corrected chi connectivity index (χ2v) is 15.5. The molecule has 32 heavy (non-hydrogen) atoms. The van der Waals surface area contributed by atoms with E-state index in [1.54, 1.807) is 0 Å². The zero-order valence-corrected chi connectivity index (χ0v) is 21.0.